The van der Waals surface area contributed by atoms with E-state index in [4.69, 9.17) is 4.42 Å². The second kappa shape index (κ2) is 8.62. The van der Waals surface area contributed by atoms with Gasteiger partial charge in [0.25, 0.3) is 0 Å². The lowest BCUT2D eigenvalue weighted by molar-refractivity contribution is -0.132. The van der Waals surface area contributed by atoms with Gasteiger partial charge in [-0.05, 0) is 29.8 Å². The topological polar surface area (TPSA) is 65.8 Å². The Labute approximate surface area is 151 Å². The molecule has 1 fully saturated rings. The molecule has 0 unspecified atom stereocenters. The highest BCUT2D eigenvalue weighted by Gasteiger charge is 2.22. The minimum atomic E-state index is -0.305. The molecule has 0 bridgehead atoms. The van der Waals surface area contributed by atoms with Crippen molar-refractivity contribution >= 4 is 11.8 Å². The molecule has 2 heterocycles. The Bertz CT molecular complexity index is 723. The van der Waals surface area contributed by atoms with Gasteiger partial charge in [-0.1, -0.05) is 12.1 Å². The number of furan rings is 1. The summed E-state index contributed by atoms with van der Waals surface area (Å²) >= 11 is 0. The maximum absolute atomic E-state index is 12.9. The maximum Gasteiger partial charge on any atom is 0.234 e. The zero-order valence-corrected chi connectivity index (χ0v) is 14.5. The van der Waals surface area contributed by atoms with Gasteiger partial charge in [-0.2, -0.15) is 0 Å². The summed E-state index contributed by atoms with van der Waals surface area (Å²) in [6, 6.07) is 9.58. The zero-order chi connectivity index (χ0) is 18.4. The minimum absolute atomic E-state index is 0.0264. The number of amides is 2. The molecule has 7 heteroatoms. The molecule has 6 nitrogen and oxygen atoms in total. The van der Waals surface area contributed by atoms with Crippen molar-refractivity contribution in [3.05, 3.63) is 59.8 Å². The molecule has 1 saturated heterocycles. The van der Waals surface area contributed by atoms with Crippen LogP contribution in [0.3, 0.4) is 0 Å². The number of carbonyl (C=O) groups excluding carboxylic acids is 2. The van der Waals surface area contributed by atoms with Crippen molar-refractivity contribution in [2.75, 3.05) is 32.7 Å². The predicted molar refractivity (Wildman–Crippen MR) is 93.7 cm³/mol. The number of piperazine rings is 1. The number of halogens is 1. The van der Waals surface area contributed by atoms with E-state index in [0.717, 1.165) is 11.3 Å². The normalized spacial score (nSPS) is 15.0. The average Bonchev–Trinajstić information content (AvgIpc) is 3.16. The van der Waals surface area contributed by atoms with Gasteiger partial charge in [0.15, 0.2) is 0 Å². The van der Waals surface area contributed by atoms with E-state index < -0.39 is 0 Å². The van der Waals surface area contributed by atoms with Crippen molar-refractivity contribution in [3.8, 4) is 0 Å². The zero-order valence-electron chi connectivity index (χ0n) is 14.5. The van der Waals surface area contributed by atoms with Crippen LogP contribution in [0.25, 0.3) is 0 Å². The van der Waals surface area contributed by atoms with Crippen LogP contribution in [-0.2, 0) is 22.6 Å². The number of carbonyl (C=O) groups is 2. The molecule has 1 aromatic heterocycles. The highest BCUT2D eigenvalue weighted by atomic mass is 19.1. The highest BCUT2D eigenvalue weighted by Crippen LogP contribution is 2.08. The third kappa shape index (κ3) is 5.16. The van der Waals surface area contributed by atoms with Gasteiger partial charge in [0.1, 0.15) is 11.6 Å². The second-order valence-corrected chi connectivity index (χ2v) is 6.32. The van der Waals surface area contributed by atoms with E-state index in [1.165, 1.54) is 12.1 Å². The van der Waals surface area contributed by atoms with Crippen LogP contribution in [0.5, 0.6) is 0 Å². The van der Waals surface area contributed by atoms with Gasteiger partial charge in [-0.25, -0.2) is 4.39 Å². The molecular formula is C19H22FN3O3. The molecule has 2 amide bonds. The average molecular weight is 359 g/mol. The smallest absolute Gasteiger partial charge is 0.234 e. The van der Waals surface area contributed by atoms with Crippen LogP contribution in [0.4, 0.5) is 4.39 Å². The van der Waals surface area contributed by atoms with Gasteiger partial charge in [0, 0.05) is 26.2 Å². The molecule has 1 aliphatic rings. The van der Waals surface area contributed by atoms with Crippen LogP contribution < -0.4 is 5.32 Å². The van der Waals surface area contributed by atoms with E-state index >= 15 is 0 Å². The van der Waals surface area contributed by atoms with Gasteiger partial charge in [0.2, 0.25) is 11.8 Å². The van der Waals surface area contributed by atoms with Gasteiger partial charge in [-0.3, -0.25) is 14.5 Å². The van der Waals surface area contributed by atoms with E-state index in [0.29, 0.717) is 39.3 Å². The number of rotatable bonds is 6. The van der Waals surface area contributed by atoms with Crippen LogP contribution in [0, 0.1) is 5.82 Å². The third-order valence-electron chi connectivity index (χ3n) is 4.40. The fourth-order valence-electron chi connectivity index (χ4n) is 2.90. The highest BCUT2D eigenvalue weighted by molar-refractivity contribution is 5.79. The van der Waals surface area contributed by atoms with E-state index in [2.05, 4.69) is 5.32 Å². The van der Waals surface area contributed by atoms with Crippen LogP contribution in [0.2, 0.25) is 0 Å². The molecule has 2 aromatic rings. The van der Waals surface area contributed by atoms with E-state index in [-0.39, 0.29) is 24.1 Å². The number of hydrogen-bond donors (Lipinski definition) is 1. The number of benzene rings is 1. The van der Waals surface area contributed by atoms with Crippen molar-refractivity contribution in [1.82, 2.24) is 15.1 Å². The van der Waals surface area contributed by atoms with Crippen molar-refractivity contribution < 1.29 is 18.4 Å². The van der Waals surface area contributed by atoms with Crippen LogP contribution >= 0.6 is 0 Å². The molecule has 1 aromatic carbocycles. The first-order chi connectivity index (χ1) is 12.6. The van der Waals surface area contributed by atoms with Crippen molar-refractivity contribution in [3.63, 3.8) is 0 Å². The van der Waals surface area contributed by atoms with E-state index in [1.807, 2.05) is 11.0 Å². The third-order valence-corrected chi connectivity index (χ3v) is 4.40. The van der Waals surface area contributed by atoms with Gasteiger partial charge < -0.3 is 14.6 Å². The molecule has 0 saturated carbocycles. The predicted octanol–water partition coefficient (Wildman–Crippen LogP) is 1.42. The largest absolute Gasteiger partial charge is 0.467 e. The summed E-state index contributed by atoms with van der Waals surface area (Å²) in [5.41, 5.74) is 0.802. The summed E-state index contributed by atoms with van der Waals surface area (Å²) in [4.78, 5) is 28.1. The summed E-state index contributed by atoms with van der Waals surface area (Å²) < 4.78 is 18.1. The second-order valence-electron chi connectivity index (χ2n) is 6.32. The van der Waals surface area contributed by atoms with Gasteiger partial charge >= 0.3 is 0 Å². The molecular weight excluding hydrogens is 337 g/mol. The Hall–Kier alpha value is -2.67. The Morgan fingerprint density at radius 2 is 1.81 bits per heavy atom. The fraction of sp³-hybridized carbons (Fsp3) is 0.368. The fourth-order valence-corrected chi connectivity index (χ4v) is 2.90. The summed E-state index contributed by atoms with van der Waals surface area (Å²) in [5, 5.41) is 2.82. The van der Waals surface area contributed by atoms with Crippen LogP contribution in [0.15, 0.2) is 47.1 Å². The molecule has 3 rings (SSSR count). The molecule has 1 aliphatic heterocycles. The maximum atomic E-state index is 12.9. The lowest BCUT2D eigenvalue weighted by Crippen LogP contribution is -2.51. The molecule has 0 radical (unpaired) electrons. The first-order valence-electron chi connectivity index (χ1n) is 8.64. The molecule has 0 aliphatic carbocycles. The molecule has 1 N–H and O–H groups in total. The molecule has 138 valence electrons. The lowest BCUT2D eigenvalue weighted by atomic mass is 10.1. The number of nitrogens with one attached hydrogen (secondary N) is 1. The Balaban J connectivity index is 1.38. The monoisotopic (exact) mass is 359 g/mol. The minimum Gasteiger partial charge on any atom is -0.467 e. The summed E-state index contributed by atoms with van der Waals surface area (Å²) in [6.07, 6.45) is 1.84. The molecule has 0 atom stereocenters. The first-order valence-corrected chi connectivity index (χ1v) is 8.64. The Morgan fingerprint density at radius 1 is 1.08 bits per heavy atom. The summed E-state index contributed by atoms with van der Waals surface area (Å²) in [5.74, 6) is 0.376. The van der Waals surface area contributed by atoms with Gasteiger partial charge in [0.05, 0.1) is 25.8 Å². The molecule has 26 heavy (non-hydrogen) atoms. The summed E-state index contributed by atoms with van der Waals surface area (Å²) in [6.45, 7) is 3.17. The number of hydrogen-bond acceptors (Lipinski definition) is 4. The van der Waals surface area contributed by atoms with Crippen molar-refractivity contribution in [2.24, 2.45) is 0 Å². The number of nitrogens with zero attached hydrogens (tertiary/aromatic N) is 2. The van der Waals surface area contributed by atoms with Crippen molar-refractivity contribution in [1.29, 1.82) is 0 Å². The van der Waals surface area contributed by atoms with Gasteiger partial charge in [-0.15, -0.1) is 0 Å². The Morgan fingerprint density at radius 3 is 2.46 bits per heavy atom. The van der Waals surface area contributed by atoms with Crippen LogP contribution in [-0.4, -0.2) is 54.3 Å². The van der Waals surface area contributed by atoms with Crippen molar-refractivity contribution in [2.45, 2.75) is 13.0 Å². The summed E-state index contributed by atoms with van der Waals surface area (Å²) in [7, 11) is 0. The standard InChI is InChI=1S/C19H22FN3O3/c20-16-5-3-15(4-6-16)12-19(25)23-9-7-22(8-10-23)14-18(24)21-13-17-2-1-11-26-17/h1-6,11H,7-10,12-14H2,(H,21,24). The van der Waals surface area contributed by atoms with E-state index in [1.54, 1.807) is 29.4 Å². The quantitative estimate of drug-likeness (QED) is 0.847. The first kappa shape index (κ1) is 18.1. The lowest BCUT2D eigenvalue weighted by Gasteiger charge is -2.34. The SMILES string of the molecule is O=C(CN1CCN(C(=O)Cc2ccc(F)cc2)CC1)NCc1ccco1. The van der Waals surface area contributed by atoms with Crippen LogP contribution in [0.1, 0.15) is 11.3 Å². The Kier molecular flexibility index (Phi) is 6.01. The van der Waals surface area contributed by atoms with E-state index in [9.17, 15) is 14.0 Å². The molecule has 0 spiro atoms.